The van der Waals surface area contributed by atoms with E-state index in [-0.39, 0.29) is 1.43 Å². The van der Waals surface area contributed by atoms with Gasteiger partial charge in [0.25, 0.3) is 5.89 Å². The molecule has 0 amide bonds. The van der Waals surface area contributed by atoms with Crippen molar-refractivity contribution in [2.45, 2.75) is 26.7 Å². The molecule has 3 rings (SSSR count). The molecule has 0 fully saturated rings. The average molecular weight is 330 g/mol. The van der Waals surface area contributed by atoms with Crippen LogP contribution >= 0.6 is 0 Å². The Labute approximate surface area is 141 Å². The molecule has 1 aromatic carbocycles. The number of unbranched alkanes of at least 4 members (excludes halogenated alkanes) is 1. The maximum absolute atomic E-state index is 5.65. The van der Waals surface area contributed by atoms with E-state index >= 15 is 0 Å². The van der Waals surface area contributed by atoms with Crippen molar-refractivity contribution in [2.75, 3.05) is 6.61 Å². The van der Waals surface area contributed by atoms with Gasteiger partial charge in [-0.1, -0.05) is 18.5 Å². The van der Waals surface area contributed by atoms with Crippen LogP contribution in [0.25, 0.3) is 17.5 Å². The zero-order valence-electron chi connectivity index (χ0n) is 13.7. The van der Waals surface area contributed by atoms with Gasteiger partial charge in [-0.15, -0.1) is 10.6 Å². The van der Waals surface area contributed by atoms with Gasteiger partial charge in [0, 0.05) is 18.6 Å². The molecule has 1 aliphatic rings. The fourth-order valence-corrected chi connectivity index (χ4v) is 2.08. The first-order valence-corrected chi connectivity index (χ1v) is 7.85. The number of ether oxygens (including phenoxy) is 1. The molecule has 0 unspecified atom stereocenters. The molecule has 1 aromatic heterocycles. The number of amidine groups is 1. The highest BCUT2D eigenvalue weighted by Crippen LogP contribution is 2.21. The van der Waals surface area contributed by atoms with Crippen molar-refractivity contribution in [2.24, 2.45) is 5.10 Å². The fourth-order valence-electron chi connectivity index (χ4n) is 2.08. The van der Waals surface area contributed by atoms with Gasteiger partial charge in [0.15, 0.2) is 5.84 Å². The van der Waals surface area contributed by atoms with Crippen LogP contribution in [0.2, 0.25) is 0 Å². The number of rotatable bonds is 7. The minimum Gasteiger partial charge on any atom is -0.494 e. The number of hydrazone groups is 1. The van der Waals surface area contributed by atoms with Crippen LogP contribution in [-0.4, -0.2) is 22.6 Å². The van der Waals surface area contributed by atoms with E-state index in [1.807, 2.05) is 31.2 Å². The van der Waals surface area contributed by atoms with Crippen LogP contribution < -0.4 is 21.2 Å². The van der Waals surface area contributed by atoms with E-state index in [1.54, 1.807) is 6.08 Å². The summed E-state index contributed by atoms with van der Waals surface area (Å²) in [7, 11) is 0. The zero-order chi connectivity index (χ0) is 16.8. The molecule has 0 bridgehead atoms. The molecular weight excluding hydrogens is 308 g/mol. The second-order valence-corrected chi connectivity index (χ2v) is 5.33. The highest BCUT2D eigenvalue weighted by molar-refractivity contribution is 6.01. The summed E-state index contributed by atoms with van der Waals surface area (Å²) in [5.41, 5.74) is 9.87. The Kier molecular flexibility index (Phi) is 5.07. The van der Waals surface area contributed by atoms with Crippen LogP contribution in [0.4, 0.5) is 0 Å². The van der Waals surface area contributed by atoms with Crippen LogP contribution in [0.5, 0.6) is 5.75 Å². The van der Waals surface area contributed by atoms with E-state index < -0.39 is 0 Å². The molecule has 3 N–H and O–H groups in total. The fraction of sp³-hybridized carbons (Fsp3) is 0.312. The lowest BCUT2D eigenvalue weighted by Gasteiger charge is -2.04. The van der Waals surface area contributed by atoms with Crippen molar-refractivity contribution in [1.29, 1.82) is 0 Å². The van der Waals surface area contributed by atoms with E-state index in [0.29, 0.717) is 17.6 Å². The van der Waals surface area contributed by atoms with Gasteiger partial charge < -0.3 is 9.26 Å². The van der Waals surface area contributed by atoms with E-state index in [1.165, 1.54) is 0 Å². The summed E-state index contributed by atoms with van der Waals surface area (Å²) in [5, 5.41) is 8.02. The predicted octanol–water partition coefficient (Wildman–Crippen LogP) is 2.49. The van der Waals surface area contributed by atoms with Gasteiger partial charge in [0.1, 0.15) is 5.75 Å². The summed E-state index contributed by atoms with van der Waals surface area (Å²) in [5.74, 6) is 2.47. The number of hydrazine groups is 2. The topological polar surface area (TPSA) is 96.6 Å². The molecule has 0 aliphatic carbocycles. The van der Waals surface area contributed by atoms with Crippen molar-refractivity contribution in [3.05, 3.63) is 35.7 Å². The SMILES string of the molecule is CCCCOc1ccc(-c2noc(/C=C(\C)C3=NNNN3)n2)cc1.[HH]. The van der Waals surface area contributed by atoms with Crippen LogP contribution in [0.1, 0.15) is 34.0 Å². The minimum absolute atomic E-state index is 0. The Balaban J connectivity index is 0.00000225. The summed E-state index contributed by atoms with van der Waals surface area (Å²) < 4.78 is 10.9. The van der Waals surface area contributed by atoms with E-state index in [0.717, 1.165) is 36.3 Å². The summed E-state index contributed by atoms with van der Waals surface area (Å²) in [6.07, 6.45) is 3.93. The van der Waals surface area contributed by atoms with E-state index in [9.17, 15) is 0 Å². The third kappa shape index (κ3) is 3.90. The molecule has 0 radical (unpaired) electrons. The molecule has 0 spiro atoms. The number of hydrogen-bond acceptors (Lipinski definition) is 8. The number of aromatic nitrogens is 2. The van der Waals surface area contributed by atoms with Crippen molar-refractivity contribution < 1.29 is 10.7 Å². The molecule has 0 atom stereocenters. The molecule has 8 nitrogen and oxygen atoms in total. The number of nitrogens with one attached hydrogen (secondary N) is 3. The average Bonchev–Trinajstić information content (AvgIpc) is 3.27. The molecule has 128 valence electrons. The van der Waals surface area contributed by atoms with Gasteiger partial charge in [-0.3, -0.25) is 5.43 Å². The lowest BCUT2D eigenvalue weighted by Crippen LogP contribution is -2.35. The zero-order valence-corrected chi connectivity index (χ0v) is 13.7. The summed E-state index contributed by atoms with van der Waals surface area (Å²) in [4.78, 5) is 4.38. The van der Waals surface area contributed by atoms with Gasteiger partial charge in [-0.05, 0) is 37.6 Å². The predicted molar refractivity (Wildman–Crippen MR) is 92.7 cm³/mol. The van der Waals surface area contributed by atoms with Crippen LogP contribution in [0.15, 0.2) is 39.5 Å². The number of hydrogen-bond donors (Lipinski definition) is 3. The Morgan fingerprint density at radius 3 is 2.88 bits per heavy atom. The van der Waals surface area contributed by atoms with E-state index in [2.05, 4.69) is 38.7 Å². The second-order valence-electron chi connectivity index (χ2n) is 5.33. The van der Waals surface area contributed by atoms with Gasteiger partial charge in [-0.25, -0.2) is 5.53 Å². The standard InChI is InChI=1S/C16H20N6O2.H2/c1-3-4-9-23-13-7-5-12(6-8-13)16-17-14(24-20-16)10-11(2)15-18-21-22-19-15;/h5-8,10,21-22H,3-4,9H2,1-2H3,(H,18,19);1H/b11-10+;. The molecular formula is C16H22N6O2. The van der Waals surface area contributed by atoms with Crippen LogP contribution in [-0.2, 0) is 0 Å². The maximum Gasteiger partial charge on any atom is 0.251 e. The highest BCUT2D eigenvalue weighted by atomic mass is 16.5. The van der Waals surface area contributed by atoms with Crippen molar-refractivity contribution in [1.82, 2.24) is 26.6 Å². The molecule has 24 heavy (non-hydrogen) atoms. The maximum atomic E-state index is 5.65. The number of nitrogens with zero attached hydrogens (tertiary/aromatic N) is 3. The Morgan fingerprint density at radius 2 is 2.17 bits per heavy atom. The van der Waals surface area contributed by atoms with Gasteiger partial charge in [0.05, 0.1) is 6.61 Å². The quantitative estimate of drug-likeness (QED) is 0.671. The lowest BCUT2D eigenvalue weighted by molar-refractivity contribution is 0.309. The van der Waals surface area contributed by atoms with Crippen molar-refractivity contribution in [3.8, 4) is 17.1 Å². The van der Waals surface area contributed by atoms with Gasteiger partial charge >= 0.3 is 0 Å². The first kappa shape index (κ1) is 16.0. The summed E-state index contributed by atoms with van der Waals surface area (Å²) in [6, 6.07) is 7.67. The molecule has 2 heterocycles. The van der Waals surface area contributed by atoms with Gasteiger partial charge in [0.2, 0.25) is 5.82 Å². The second kappa shape index (κ2) is 7.60. The van der Waals surface area contributed by atoms with E-state index in [4.69, 9.17) is 9.26 Å². The lowest BCUT2D eigenvalue weighted by atomic mass is 10.2. The van der Waals surface area contributed by atoms with Gasteiger partial charge in [-0.2, -0.15) is 4.98 Å². The highest BCUT2D eigenvalue weighted by Gasteiger charge is 2.11. The normalized spacial score (nSPS) is 14.1. The van der Waals surface area contributed by atoms with Crippen molar-refractivity contribution in [3.63, 3.8) is 0 Å². The van der Waals surface area contributed by atoms with Crippen molar-refractivity contribution >= 4 is 11.9 Å². The largest absolute Gasteiger partial charge is 0.494 e. The Morgan fingerprint density at radius 1 is 1.33 bits per heavy atom. The third-order valence-corrected chi connectivity index (χ3v) is 3.44. The molecule has 8 heteroatoms. The smallest absolute Gasteiger partial charge is 0.251 e. The first-order chi connectivity index (χ1) is 11.8. The molecule has 0 saturated carbocycles. The number of benzene rings is 1. The Bertz CT molecular complexity index is 741. The third-order valence-electron chi connectivity index (χ3n) is 3.44. The summed E-state index contributed by atoms with van der Waals surface area (Å²) in [6.45, 7) is 4.76. The molecule has 1 aliphatic heterocycles. The van der Waals surface area contributed by atoms with Crippen LogP contribution in [0, 0.1) is 0 Å². The first-order valence-electron chi connectivity index (χ1n) is 7.85. The van der Waals surface area contributed by atoms with Crippen LogP contribution in [0.3, 0.4) is 0 Å². The minimum atomic E-state index is 0. The summed E-state index contributed by atoms with van der Waals surface area (Å²) >= 11 is 0. The molecule has 2 aromatic rings. The monoisotopic (exact) mass is 330 g/mol. The Hall–Kier alpha value is -2.87. The molecule has 0 saturated heterocycles.